The molecule has 0 unspecified atom stereocenters. The summed E-state index contributed by atoms with van der Waals surface area (Å²) in [6.07, 6.45) is 5.71. The highest BCUT2D eigenvalue weighted by atomic mass is 32.2. The predicted molar refractivity (Wildman–Crippen MR) is 101 cm³/mol. The fraction of sp³-hybridized carbons (Fsp3) is 0.471. The lowest BCUT2D eigenvalue weighted by molar-refractivity contribution is 0.209. The Morgan fingerprint density at radius 3 is 2.59 bits per heavy atom. The molecule has 146 valence electrons. The van der Waals surface area contributed by atoms with Crippen molar-refractivity contribution in [2.75, 3.05) is 29.7 Å². The van der Waals surface area contributed by atoms with Crippen LogP contribution < -0.4 is 10.0 Å². The van der Waals surface area contributed by atoms with Crippen LogP contribution in [0.2, 0.25) is 0 Å². The second-order valence-corrected chi connectivity index (χ2v) is 9.52. The summed E-state index contributed by atoms with van der Waals surface area (Å²) in [6.45, 7) is 2.60. The Morgan fingerprint density at radius 2 is 1.93 bits per heavy atom. The molecule has 2 aromatic rings. The van der Waals surface area contributed by atoms with Crippen LogP contribution in [-0.4, -0.2) is 43.5 Å². The van der Waals surface area contributed by atoms with Crippen molar-refractivity contribution < 1.29 is 17.2 Å². The number of thiazole rings is 1. The van der Waals surface area contributed by atoms with Gasteiger partial charge in [-0.25, -0.2) is 22.2 Å². The normalized spacial score (nSPS) is 19.2. The molecule has 2 aliphatic heterocycles. The van der Waals surface area contributed by atoms with Gasteiger partial charge in [-0.1, -0.05) is 0 Å². The fourth-order valence-corrected chi connectivity index (χ4v) is 5.95. The molecule has 1 aromatic heterocycles. The van der Waals surface area contributed by atoms with Crippen molar-refractivity contribution in [3.63, 3.8) is 0 Å². The predicted octanol–water partition coefficient (Wildman–Crippen LogP) is 3.26. The van der Waals surface area contributed by atoms with Crippen molar-refractivity contribution in [3.8, 4) is 0 Å². The molecule has 3 heterocycles. The first-order valence-electron chi connectivity index (χ1n) is 8.80. The van der Waals surface area contributed by atoms with Gasteiger partial charge in [0.1, 0.15) is 16.5 Å². The third-order valence-corrected chi connectivity index (χ3v) is 7.56. The number of hydrogen-bond donors (Lipinski definition) is 2. The van der Waals surface area contributed by atoms with Gasteiger partial charge < -0.3 is 5.32 Å². The number of nitrogens with zero attached hydrogens (tertiary/aromatic N) is 2. The van der Waals surface area contributed by atoms with Gasteiger partial charge in [0.2, 0.25) is 0 Å². The SMILES string of the molecule is O=S(=O)(Nc1nccs1)c1cc(F)c(NCC23CCCN2CCC3)cc1F. The van der Waals surface area contributed by atoms with Gasteiger partial charge in [0.15, 0.2) is 5.13 Å². The van der Waals surface area contributed by atoms with Crippen molar-refractivity contribution >= 4 is 32.2 Å². The maximum absolute atomic E-state index is 14.5. The molecule has 2 aliphatic rings. The Kier molecular flexibility index (Phi) is 4.81. The van der Waals surface area contributed by atoms with Crippen molar-refractivity contribution in [1.82, 2.24) is 9.88 Å². The average Bonchev–Trinajstić information content (AvgIpc) is 3.31. The number of fused-ring (bicyclic) bond motifs is 1. The summed E-state index contributed by atoms with van der Waals surface area (Å²) in [5.41, 5.74) is -0.0195. The van der Waals surface area contributed by atoms with Crippen LogP contribution in [0.4, 0.5) is 19.6 Å². The summed E-state index contributed by atoms with van der Waals surface area (Å²) in [4.78, 5) is 5.47. The Balaban J connectivity index is 1.53. The number of halogens is 2. The molecule has 0 aliphatic carbocycles. The minimum atomic E-state index is -4.25. The van der Waals surface area contributed by atoms with E-state index in [0.29, 0.717) is 12.6 Å². The monoisotopic (exact) mass is 414 g/mol. The van der Waals surface area contributed by atoms with E-state index in [1.165, 1.54) is 6.20 Å². The van der Waals surface area contributed by atoms with E-state index < -0.39 is 26.6 Å². The molecule has 27 heavy (non-hydrogen) atoms. The third-order valence-electron chi connectivity index (χ3n) is 5.38. The fourth-order valence-electron chi connectivity index (χ4n) is 4.09. The minimum absolute atomic E-state index is 0.0000596. The van der Waals surface area contributed by atoms with Crippen molar-refractivity contribution in [1.29, 1.82) is 0 Å². The lowest BCUT2D eigenvalue weighted by Crippen LogP contribution is -2.44. The standard InChI is InChI=1S/C17H20F2N4O2S2/c18-12-10-15(27(24,25)22-16-20-5-8-26-16)13(19)9-14(12)21-11-17-3-1-6-23(17)7-2-4-17/h5,8-10,21H,1-4,6-7,11H2,(H,20,22). The average molecular weight is 415 g/mol. The number of aromatic nitrogens is 1. The summed E-state index contributed by atoms with van der Waals surface area (Å²) < 4.78 is 55.8. The molecule has 2 N–H and O–H groups in total. The van der Waals surface area contributed by atoms with Crippen molar-refractivity contribution in [2.24, 2.45) is 0 Å². The van der Waals surface area contributed by atoms with Gasteiger partial charge in [-0.3, -0.25) is 9.62 Å². The summed E-state index contributed by atoms with van der Waals surface area (Å²) in [7, 11) is -4.25. The van der Waals surface area contributed by atoms with E-state index in [0.717, 1.165) is 56.2 Å². The Morgan fingerprint density at radius 1 is 1.19 bits per heavy atom. The number of nitrogens with one attached hydrogen (secondary N) is 2. The lowest BCUT2D eigenvalue weighted by atomic mass is 9.94. The lowest BCUT2D eigenvalue weighted by Gasteiger charge is -2.32. The topological polar surface area (TPSA) is 74.3 Å². The van der Waals surface area contributed by atoms with E-state index in [9.17, 15) is 17.2 Å². The molecule has 0 spiro atoms. The second-order valence-electron chi connectivity index (χ2n) is 6.98. The van der Waals surface area contributed by atoms with Crippen LogP contribution in [-0.2, 0) is 10.0 Å². The molecule has 2 fully saturated rings. The summed E-state index contributed by atoms with van der Waals surface area (Å²) in [5.74, 6) is -1.80. The van der Waals surface area contributed by atoms with Crippen LogP contribution in [0.3, 0.4) is 0 Å². The van der Waals surface area contributed by atoms with Crippen LogP contribution in [0, 0.1) is 11.6 Å². The van der Waals surface area contributed by atoms with Gasteiger partial charge in [0.05, 0.1) is 5.69 Å². The number of anilines is 2. The molecule has 0 saturated carbocycles. The highest BCUT2D eigenvalue weighted by Gasteiger charge is 2.43. The van der Waals surface area contributed by atoms with Gasteiger partial charge in [-0.05, 0) is 44.8 Å². The van der Waals surface area contributed by atoms with Crippen LogP contribution in [0.5, 0.6) is 0 Å². The number of rotatable bonds is 6. The zero-order valence-electron chi connectivity index (χ0n) is 14.5. The summed E-state index contributed by atoms with van der Waals surface area (Å²) in [5, 5.41) is 4.68. The zero-order valence-corrected chi connectivity index (χ0v) is 16.2. The Bertz CT molecular complexity index is 925. The van der Waals surface area contributed by atoms with E-state index in [2.05, 4.69) is 19.9 Å². The molecule has 0 atom stereocenters. The molecule has 6 nitrogen and oxygen atoms in total. The zero-order chi connectivity index (χ0) is 19.1. The third kappa shape index (κ3) is 3.53. The minimum Gasteiger partial charge on any atom is -0.381 e. The molecule has 0 bridgehead atoms. The van der Waals surface area contributed by atoms with Crippen LogP contribution in [0.25, 0.3) is 0 Å². The number of benzene rings is 1. The Hall–Kier alpha value is -1.78. The van der Waals surface area contributed by atoms with Crippen molar-refractivity contribution in [3.05, 3.63) is 35.3 Å². The smallest absolute Gasteiger partial charge is 0.266 e. The summed E-state index contributed by atoms with van der Waals surface area (Å²) in [6, 6.07) is 1.63. The number of hydrogen-bond acceptors (Lipinski definition) is 6. The van der Waals surface area contributed by atoms with Crippen LogP contribution >= 0.6 is 11.3 Å². The maximum atomic E-state index is 14.5. The molecule has 2 saturated heterocycles. The van der Waals surface area contributed by atoms with Gasteiger partial charge in [-0.15, -0.1) is 11.3 Å². The highest BCUT2D eigenvalue weighted by molar-refractivity contribution is 7.93. The second kappa shape index (κ2) is 6.99. The van der Waals surface area contributed by atoms with E-state index in [-0.39, 0.29) is 16.4 Å². The summed E-state index contributed by atoms with van der Waals surface area (Å²) >= 11 is 1.05. The van der Waals surface area contributed by atoms with Crippen LogP contribution in [0.1, 0.15) is 25.7 Å². The molecular formula is C17H20F2N4O2S2. The largest absolute Gasteiger partial charge is 0.381 e. The van der Waals surface area contributed by atoms with E-state index >= 15 is 0 Å². The van der Waals surface area contributed by atoms with Crippen molar-refractivity contribution in [2.45, 2.75) is 36.1 Å². The Labute approximate surface area is 160 Å². The van der Waals surface area contributed by atoms with Gasteiger partial charge in [0.25, 0.3) is 10.0 Å². The molecule has 0 amide bonds. The molecule has 10 heteroatoms. The van der Waals surface area contributed by atoms with Crippen LogP contribution in [0.15, 0.2) is 28.6 Å². The highest BCUT2D eigenvalue weighted by Crippen LogP contribution is 2.39. The molecule has 4 rings (SSSR count). The van der Waals surface area contributed by atoms with Gasteiger partial charge in [0, 0.05) is 29.7 Å². The first-order valence-corrected chi connectivity index (χ1v) is 11.2. The molecular weight excluding hydrogens is 394 g/mol. The maximum Gasteiger partial charge on any atom is 0.266 e. The first-order chi connectivity index (χ1) is 12.9. The van der Waals surface area contributed by atoms with Gasteiger partial charge in [-0.2, -0.15) is 0 Å². The van der Waals surface area contributed by atoms with E-state index in [1.807, 2.05) is 0 Å². The quantitative estimate of drug-likeness (QED) is 0.759. The number of sulfonamides is 1. The van der Waals surface area contributed by atoms with E-state index in [4.69, 9.17) is 0 Å². The molecule has 1 aromatic carbocycles. The van der Waals surface area contributed by atoms with E-state index in [1.54, 1.807) is 5.38 Å². The first kappa shape index (κ1) is 18.6. The van der Waals surface area contributed by atoms with Gasteiger partial charge >= 0.3 is 0 Å². The molecule has 0 radical (unpaired) electrons.